The zero-order chi connectivity index (χ0) is 29.5. The number of H-pyrrole nitrogens is 1. The average Bonchev–Trinajstić information content (AvgIpc) is 3.43. The first-order valence-electron chi connectivity index (χ1n) is 14.0. The number of carbonyl (C=O) groups is 3. The molecule has 7 nitrogen and oxygen atoms in total. The average molecular weight is 560 g/mol. The standard InChI is InChI=1S/C35H33N3O4/c1-24-14-16-25(17-15-24)22-37-34(41)30-11-4-2-9-28(30)29-10-3-5-12-31(29)35(42)38(21-19-33(39)40)20-18-26-23-36-32-13-7-6-8-27(26)32/h2-17,23,36H,18-22H2,1H3,(H,37,41)(H,39,40). The lowest BCUT2D eigenvalue weighted by atomic mass is 9.94. The van der Waals surface area contributed by atoms with Crippen LogP contribution in [0.15, 0.2) is 103 Å². The van der Waals surface area contributed by atoms with E-state index in [4.69, 9.17) is 0 Å². The van der Waals surface area contributed by atoms with Crippen LogP contribution in [0.2, 0.25) is 0 Å². The smallest absolute Gasteiger partial charge is 0.305 e. The fourth-order valence-electron chi connectivity index (χ4n) is 5.11. The van der Waals surface area contributed by atoms with Crippen LogP contribution >= 0.6 is 0 Å². The third-order valence-electron chi connectivity index (χ3n) is 7.40. The Kier molecular flexibility index (Phi) is 8.78. The van der Waals surface area contributed by atoms with Crippen molar-refractivity contribution in [1.82, 2.24) is 15.2 Å². The first-order valence-corrected chi connectivity index (χ1v) is 14.0. The second-order valence-electron chi connectivity index (χ2n) is 10.3. The zero-order valence-corrected chi connectivity index (χ0v) is 23.5. The lowest BCUT2D eigenvalue weighted by Crippen LogP contribution is -2.35. The maximum absolute atomic E-state index is 14.0. The van der Waals surface area contributed by atoms with E-state index < -0.39 is 5.97 Å². The summed E-state index contributed by atoms with van der Waals surface area (Å²) in [6, 6.07) is 30.3. The van der Waals surface area contributed by atoms with Gasteiger partial charge in [-0.15, -0.1) is 0 Å². The topological polar surface area (TPSA) is 102 Å². The minimum Gasteiger partial charge on any atom is -0.481 e. The molecule has 1 aromatic heterocycles. The van der Waals surface area contributed by atoms with Crippen molar-refractivity contribution in [1.29, 1.82) is 0 Å². The van der Waals surface area contributed by atoms with Crippen LogP contribution in [0.3, 0.4) is 0 Å². The second kappa shape index (κ2) is 13.0. The molecule has 0 saturated carbocycles. The van der Waals surface area contributed by atoms with Gasteiger partial charge in [0.05, 0.1) is 6.42 Å². The molecule has 0 aliphatic carbocycles. The molecule has 0 aliphatic rings. The summed E-state index contributed by atoms with van der Waals surface area (Å²) in [5.41, 5.74) is 6.35. The van der Waals surface area contributed by atoms with Gasteiger partial charge < -0.3 is 20.3 Å². The number of aromatic amines is 1. The number of benzene rings is 4. The predicted octanol–water partition coefficient (Wildman–Crippen LogP) is 6.23. The summed E-state index contributed by atoms with van der Waals surface area (Å²) in [6.07, 6.45) is 2.33. The minimum atomic E-state index is -0.969. The number of carboxylic acids is 1. The van der Waals surface area contributed by atoms with E-state index in [1.165, 1.54) is 0 Å². The van der Waals surface area contributed by atoms with Gasteiger partial charge in [0.1, 0.15) is 0 Å². The Hall–Kier alpha value is -5.17. The number of aliphatic carboxylic acids is 1. The maximum atomic E-state index is 14.0. The lowest BCUT2D eigenvalue weighted by molar-refractivity contribution is -0.137. The molecule has 3 N–H and O–H groups in total. The largest absolute Gasteiger partial charge is 0.481 e. The highest BCUT2D eigenvalue weighted by Gasteiger charge is 2.23. The van der Waals surface area contributed by atoms with Crippen molar-refractivity contribution >= 4 is 28.7 Å². The molecule has 42 heavy (non-hydrogen) atoms. The molecule has 0 bridgehead atoms. The molecular formula is C35H33N3O4. The van der Waals surface area contributed by atoms with Crippen molar-refractivity contribution < 1.29 is 19.5 Å². The number of aryl methyl sites for hydroxylation is 1. The van der Waals surface area contributed by atoms with E-state index in [9.17, 15) is 19.5 Å². The molecular weight excluding hydrogens is 526 g/mol. The molecule has 0 atom stereocenters. The molecule has 7 heteroatoms. The van der Waals surface area contributed by atoms with Gasteiger partial charge in [0.2, 0.25) is 0 Å². The maximum Gasteiger partial charge on any atom is 0.305 e. The van der Waals surface area contributed by atoms with E-state index in [1.54, 1.807) is 29.2 Å². The van der Waals surface area contributed by atoms with E-state index in [-0.39, 0.29) is 24.8 Å². The van der Waals surface area contributed by atoms with Gasteiger partial charge in [-0.05, 0) is 53.8 Å². The van der Waals surface area contributed by atoms with Gasteiger partial charge in [-0.2, -0.15) is 0 Å². The highest BCUT2D eigenvalue weighted by molar-refractivity contribution is 6.06. The molecule has 5 rings (SSSR count). The number of fused-ring (bicyclic) bond motifs is 1. The molecule has 1 heterocycles. The number of aromatic nitrogens is 1. The van der Waals surface area contributed by atoms with Crippen LogP contribution < -0.4 is 5.32 Å². The van der Waals surface area contributed by atoms with E-state index in [2.05, 4.69) is 10.3 Å². The van der Waals surface area contributed by atoms with E-state index in [0.717, 1.165) is 27.6 Å². The number of amides is 2. The Bertz CT molecular complexity index is 1720. The van der Waals surface area contributed by atoms with E-state index in [1.807, 2.05) is 85.9 Å². The molecule has 0 fully saturated rings. The molecule has 4 aromatic carbocycles. The van der Waals surface area contributed by atoms with E-state index >= 15 is 0 Å². The molecule has 2 amide bonds. The molecule has 0 aliphatic heterocycles. The van der Waals surface area contributed by atoms with Gasteiger partial charge >= 0.3 is 5.97 Å². The molecule has 212 valence electrons. The number of para-hydroxylation sites is 1. The van der Waals surface area contributed by atoms with Gasteiger partial charge in [-0.25, -0.2) is 0 Å². The number of rotatable bonds is 11. The Morgan fingerprint density at radius 3 is 2.17 bits per heavy atom. The fourth-order valence-corrected chi connectivity index (χ4v) is 5.11. The van der Waals surface area contributed by atoms with Gasteiger partial charge in [0.25, 0.3) is 11.8 Å². The number of carbonyl (C=O) groups excluding carboxylic acids is 2. The summed E-state index contributed by atoms with van der Waals surface area (Å²) in [6.45, 7) is 2.82. The SMILES string of the molecule is Cc1ccc(CNC(=O)c2ccccc2-c2ccccc2C(=O)N(CCC(=O)O)CCc2c[nH]c3ccccc23)cc1. The number of carboxylic acid groups (broad SMARTS) is 1. The van der Waals surface area contributed by atoms with Gasteiger partial charge in [-0.3, -0.25) is 14.4 Å². The molecule has 0 unspecified atom stereocenters. The lowest BCUT2D eigenvalue weighted by Gasteiger charge is -2.24. The van der Waals surface area contributed by atoms with Crippen molar-refractivity contribution in [2.75, 3.05) is 13.1 Å². The summed E-state index contributed by atoms with van der Waals surface area (Å²) >= 11 is 0. The fraction of sp³-hybridized carbons (Fsp3) is 0.171. The first kappa shape index (κ1) is 28.4. The summed E-state index contributed by atoms with van der Waals surface area (Å²) in [7, 11) is 0. The number of hydrogen-bond acceptors (Lipinski definition) is 3. The summed E-state index contributed by atoms with van der Waals surface area (Å²) < 4.78 is 0. The first-order chi connectivity index (χ1) is 20.4. The molecule has 0 spiro atoms. The summed E-state index contributed by atoms with van der Waals surface area (Å²) in [5.74, 6) is -1.49. The normalized spacial score (nSPS) is 10.9. The number of hydrogen-bond donors (Lipinski definition) is 3. The third kappa shape index (κ3) is 6.58. The van der Waals surface area contributed by atoms with Crippen LogP contribution in [0.5, 0.6) is 0 Å². The van der Waals surface area contributed by atoms with Crippen LogP contribution in [-0.2, 0) is 17.8 Å². The van der Waals surface area contributed by atoms with Crippen molar-refractivity contribution in [3.8, 4) is 11.1 Å². The number of nitrogens with zero attached hydrogens (tertiary/aromatic N) is 1. The minimum absolute atomic E-state index is 0.0730. The zero-order valence-electron chi connectivity index (χ0n) is 23.5. The van der Waals surface area contributed by atoms with Crippen molar-refractivity contribution in [3.63, 3.8) is 0 Å². The predicted molar refractivity (Wildman–Crippen MR) is 164 cm³/mol. The Morgan fingerprint density at radius 2 is 1.43 bits per heavy atom. The van der Waals surface area contributed by atoms with Crippen LogP contribution in [0, 0.1) is 6.92 Å². The van der Waals surface area contributed by atoms with Crippen molar-refractivity contribution in [2.24, 2.45) is 0 Å². The van der Waals surface area contributed by atoms with Crippen LogP contribution in [-0.4, -0.2) is 45.9 Å². The summed E-state index contributed by atoms with van der Waals surface area (Å²) in [4.78, 5) is 43.7. The summed E-state index contributed by atoms with van der Waals surface area (Å²) in [5, 5.41) is 13.5. The van der Waals surface area contributed by atoms with Gasteiger partial charge in [-0.1, -0.05) is 84.4 Å². The number of nitrogens with one attached hydrogen (secondary N) is 2. The second-order valence-corrected chi connectivity index (χ2v) is 10.3. The van der Waals surface area contributed by atoms with Crippen molar-refractivity contribution in [3.05, 3.63) is 131 Å². The van der Waals surface area contributed by atoms with Crippen molar-refractivity contribution in [2.45, 2.75) is 26.3 Å². The molecule has 0 saturated heterocycles. The molecule has 5 aromatic rings. The Morgan fingerprint density at radius 1 is 0.786 bits per heavy atom. The Balaban J connectivity index is 1.41. The van der Waals surface area contributed by atoms with Crippen LogP contribution in [0.1, 0.15) is 43.8 Å². The molecule has 0 radical (unpaired) electrons. The quantitative estimate of drug-likeness (QED) is 0.178. The van der Waals surface area contributed by atoms with Crippen LogP contribution in [0.25, 0.3) is 22.0 Å². The van der Waals surface area contributed by atoms with Gasteiger partial charge in [0, 0.05) is 47.9 Å². The van der Waals surface area contributed by atoms with E-state index in [0.29, 0.717) is 41.8 Å². The third-order valence-corrected chi connectivity index (χ3v) is 7.40. The Labute approximate surface area is 244 Å². The highest BCUT2D eigenvalue weighted by atomic mass is 16.4. The van der Waals surface area contributed by atoms with Crippen LogP contribution in [0.4, 0.5) is 0 Å². The highest BCUT2D eigenvalue weighted by Crippen LogP contribution is 2.29. The monoisotopic (exact) mass is 559 g/mol. The van der Waals surface area contributed by atoms with Gasteiger partial charge in [0.15, 0.2) is 0 Å².